The fraction of sp³-hybridized carbons (Fsp3) is 0.800. The van der Waals surface area contributed by atoms with E-state index in [-0.39, 0.29) is 11.1 Å². The molecule has 0 aromatic rings. The van der Waals surface area contributed by atoms with Crippen molar-refractivity contribution in [3.63, 3.8) is 0 Å². The Morgan fingerprint density at radius 3 is 2.00 bits per heavy atom. The highest BCUT2D eigenvalue weighted by Crippen LogP contribution is 2.13. The Bertz CT molecular complexity index is 160. The average Bonchev–Trinajstić information content (AvgIpc) is 1.86. The van der Waals surface area contributed by atoms with E-state index in [9.17, 15) is 0 Å². The first-order valence-electron chi connectivity index (χ1n) is 4.10. The predicted octanol–water partition coefficient (Wildman–Crippen LogP) is 2.18. The van der Waals surface area contributed by atoms with E-state index in [0.29, 0.717) is 0 Å². The summed E-state index contributed by atoms with van der Waals surface area (Å²) in [4.78, 5) is 0. The van der Waals surface area contributed by atoms with Gasteiger partial charge in [-0.15, -0.1) is 6.42 Å². The van der Waals surface area contributed by atoms with Crippen molar-refractivity contribution in [2.45, 2.75) is 52.1 Å². The van der Waals surface area contributed by atoms with Crippen LogP contribution in [0.3, 0.4) is 0 Å². The first-order chi connectivity index (χ1) is 4.83. The van der Waals surface area contributed by atoms with Crippen LogP contribution in [0, 0.1) is 12.3 Å². The minimum atomic E-state index is -0.195. The lowest BCUT2D eigenvalue weighted by atomic mass is 9.96. The van der Waals surface area contributed by atoms with Crippen LogP contribution in [0.15, 0.2) is 0 Å². The van der Waals surface area contributed by atoms with Crippen molar-refractivity contribution >= 4 is 0 Å². The maximum absolute atomic E-state index is 5.36. The van der Waals surface area contributed by atoms with Crippen LogP contribution < -0.4 is 5.32 Å². The van der Waals surface area contributed by atoms with E-state index in [0.717, 1.165) is 6.42 Å². The maximum Gasteiger partial charge on any atom is 0.0745 e. The van der Waals surface area contributed by atoms with Gasteiger partial charge in [0.1, 0.15) is 0 Å². The Balaban J connectivity index is 4.16. The van der Waals surface area contributed by atoms with Gasteiger partial charge in [0.25, 0.3) is 0 Å². The van der Waals surface area contributed by atoms with Crippen LogP contribution in [0.1, 0.15) is 41.0 Å². The monoisotopic (exact) mass is 153 g/mol. The minimum absolute atomic E-state index is 0.135. The molecule has 0 saturated carbocycles. The van der Waals surface area contributed by atoms with Crippen LogP contribution in [0.2, 0.25) is 0 Å². The second kappa shape index (κ2) is 3.28. The van der Waals surface area contributed by atoms with Crippen molar-refractivity contribution in [2.24, 2.45) is 0 Å². The summed E-state index contributed by atoms with van der Waals surface area (Å²) in [5.41, 5.74) is -0.0601. The van der Waals surface area contributed by atoms with Crippen molar-refractivity contribution in [3.05, 3.63) is 0 Å². The molecular formula is C10H19N. The van der Waals surface area contributed by atoms with Gasteiger partial charge in [0.15, 0.2) is 0 Å². The molecule has 1 N–H and O–H groups in total. The molecule has 11 heavy (non-hydrogen) atoms. The van der Waals surface area contributed by atoms with Gasteiger partial charge in [-0.1, -0.05) is 12.8 Å². The summed E-state index contributed by atoms with van der Waals surface area (Å²) in [5.74, 6) is 2.72. The number of rotatable bonds is 3. The number of hydrogen-bond acceptors (Lipinski definition) is 1. The molecule has 0 aromatic heterocycles. The summed E-state index contributed by atoms with van der Waals surface area (Å²) < 4.78 is 0. The number of terminal acetylenes is 1. The summed E-state index contributed by atoms with van der Waals surface area (Å²) in [6.45, 7) is 10.5. The highest BCUT2D eigenvalue weighted by Gasteiger charge is 2.23. The highest BCUT2D eigenvalue weighted by molar-refractivity contribution is 5.09. The zero-order valence-corrected chi connectivity index (χ0v) is 8.28. The molecule has 0 aliphatic rings. The molecule has 0 amide bonds. The van der Waals surface area contributed by atoms with Crippen molar-refractivity contribution in [3.8, 4) is 12.3 Å². The third kappa shape index (κ3) is 4.06. The van der Waals surface area contributed by atoms with Crippen molar-refractivity contribution < 1.29 is 0 Å². The second-order valence-electron chi connectivity index (χ2n) is 4.13. The second-order valence-corrected chi connectivity index (χ2v) is 4.13. The van der Waals surface area contributed by atoms with Gasteiger partial charge in [0, 0.05) is 5.54 Å². The molecule has 0 heterocycles. The molecular weight excluding hydrogens is 134 g/mol. The molecule has 0 unspecified atom stereocenters. The van der Waals surface area contributed by atoms with Crippen LogP contribution in [0.4, 0.5) is 0 Å². The SMILES string of the molecule is C#CC(C)(C)NC(C)(C)CC. The number of nitrogens with one attached hydrogen (secondary N) is 1. The average molecular weight is 153 g/mol. The molecule has 0 aliphatic heterocycles. The van der Waals surface area contributed by atoms with Crippen LogP contribution in [-0.4, -0.2) is 11.1 Å². The van der Waals surface area contributed by atoms with Crippen molar-refractivity contribution in [2.75, 3.05) is 0 Å². The first-order valence-corrected chi connectivity index (χ1v) is 4.10. The fourth-order valence-corrected chi connectivity index (χ4v) is 0.970. The largest absolute Gasteiger partial charge is 0.297 e. The Kier molecular flexibility index (Phi) is 3.13. The lowest BCUT2D eigenvalue weighted by Crippen LogP contribution is -2.50. The third-order valence-electron chi connectivity index (χ3n) is 1.90. The summed E-state index contributed by atoms with van der Waals surface area (Å²) in [6.07, 6.45) is 6.44. The molecule has 0 rings (SSSR count). The topological polar surface area (TPSA) is 12.0 Å². The Hall–Kier alpha value is -0.480. The van der Waals surface area contributed by atoms with Crippen molar-refractivity contribution in [1.29, 1.82) is 0 Å². The molecule has 1 heteroatoms. The summed E-state index contributed by atoms with van der Waals surface area (Å²) >= 11 is 0. The van der Waals surface area contributed by atoms with Crippen LogP contribution >= 0.6 is 0 Å². The molecule has 64 valence electrons. The van der Waals surface area contributed by atoms with Crippen LogP contribution in [-0.2, 0) is 0 Å². The van der Waals surface area contributed by atoms with Crippen LogP contribution in [0.5, 0.6) is 0 Å². The van der Waals surface area contributed by atoms with Crippen molar-refractivity contribution in [1.82, 2.24) is 5.32 Å². The Labute approximate surface area is 70.6 Å². The standard InChI is InChI=1S/C10H19N/c1-7-9(3,4)11-10(5,6)8-2/h1,11H,8H2,2-6H3. The van der Waals surface area contributed by atoms with Gasteiger partial charge in [-0.3, -0.25) is 5.32 Å². The van der Waals surface area contributed by atoms with E-state index in [2.05, 4.69) is 32.0 Å². The predicted molar refractivity (Wildman–Crippen MR) is 50.4 cm³/mol. The summed E-state index contributed by atoms with van der Waals surface area (Å²) in [5, 5.41) is 3.40. The fourth-order valence-electron chi connectivity index (χ4n) is 0.970. The molecule has 0 aliphatic carbocycles. The molecule has 0 fully saturated rings. The lowest BCUT2D eigenvalue weighted by Gasteiger charge is -2.33. The Morgan fingerprint density at radius 1 is 1.27 bits per heavy atom. The molecule has 1 nitrogen and oxygen atoms in total. The van der Waals surface area contributed by atoms with E-state index in [4.69, 9.17) is 6.42 Å². The normalized spacial score (nSPS) is 12.7. The quantitative estimate of drug-likeness (QED) is 0.613. The van der Waals surface area contributed by atoms with E-state index in [1.165, 1.54) is 0 Å². The summed E-state index contributed by atoms with van der Waals surface area (Å²) in [7, 11) is 0. The van der Waals surface area contributed by atoms with E-state index in [1.54, 1.807) is 0 Å². The van der Waals surface area contributed by atoms with Gasteiger partial charge in [0.2, 0.25) is 0 Å². The molecule has 0 saturated heterocycles. The first kappa shape index (κ1) is 10.5. The molecule has 0 spiro atoms. The molecule has 0 aromatic carbocycles. The van der Waals surface area contributed by atoms with E-state index >= 15 is 0 Å². The van der Waals surface area contributed by atoms with E-state index < -0.39 is 0 Å². The number of hydrogen-bond donors (Lipinski definition) is 1. The molecule has 0 atom stereocenters. The van der Waals surface area contributed by atoms with E-state index in [1.807, 2.05) is 13.8 Å². The van der Waals surface area contributed by atoms with Gasteiger partial charge >= 0.3 is 0 Å². The highest BCUT2D eigenvalue weighted by atomic mass is 15.0. The minimum Gasteiger partial charge on any atom is -0.297 e. The Morgan fingerprint density at radius 2 is 1.73 bits per heavy atom. The van der Waals surface area contributed by atoms with Gasteiger partial charge in [-0.2, -0.15) is 0 Å². The molecule has 0 radical (unpaired) electrons. The van der Waals surface area contributed by atoms with Gasteiger partial charge in [-0.25, -0.2) is 0 Å². The molecule has 0 bridgehead atoms. The zero-order valence-electron chi connectivity index (χ0n) is 8.28. The smallest absolute Gasteiger partial charge is 0.0745 e. The zero-order chi connectivity index (χ0) is 9.12. The van der Waals surface area contributed by atoms with Gasteiger partial charge in [-0.05, 0) is 34.1 Å². The van der Waals surface area contributed by atoms with Gasteiger partial charge in [0.05, 0.1) is 5.54 Å². The third-order valence-corrected chi connectivity index (χ3v) is 1.90. The van der Waals surface area contributed by atoms with Crippen LogP contribution in [0.25, 0.3) is 0 Å². The maximum atomic E-state index is 5.36. The lowest BCUT2D eigenvalue weighted by molar-refractivity contribution is 0.305. The summed E-state index contributed by atoms with van der Waals surface area (Å²) in [6, 6.07) is 0. The van der Waals surface area contributed by atoms with Gasteiger partial charge < -0.3 is 0 Å².